The predicted molar refractivity (Wildman–Crippen MR) is 99.7 cm³/mol. The molecule has 4 rings (SSSR count). The van der Waals surface area contributed by atoms with E-state index in [1.54, 1.807) is 11.3 Å². The van der Waals surface area contributed by atoms with Gasteiger partial charge in [-0.3, -0.25) is 4.90 Å². The number of nitrogens with zero attached hydrogens (tertiary/aromatic N) is 4. The lowest BCUT2D eigenvalue weighted by atomic mass is 10.0. The van der Waals surface area contributed by atoms with Crippen LogP contribution in [0.4, 0.5) is 0 Å². The van der Waals surface area contributed by atoms with Crippen LogP contribution in [-0.4, -0.2) is 25.8 Å². The minimum atomic E-state index is 0.755. The Morgan fingerprint density at radius 1 is 1.17 bits per heavy atom. The summed E-state index contributed by atoms with van der Waals surface area (Å²) in [6, 6.07) is 12.9. The highest BCUT2D eigenvalue weighted by Gasteiger charge is 2.17. The first-order valence-corrected chi connectivity index (χ1v) is 9.44. The summed E-state index contributed by atoms with van der Waals surface area (Å²) in [7, 11) is 2.01. The van der Waals surface area contributed by atoms with Crippen LogP contribution in [0.3, 0.4) is 0 Å². The van der Waals surface area contributed by atoms with Gasteiger partial charge in [0.15, 0.2) is 4.77 Å². The number of rotatable bonds is 4. The Hall–Kier alpha value is -1.76. The first-order chi connectivity index (χ1) is 11.7. The Kier molecular flexibility index (Phi) is 4.35. The largest absolute Gasteiger partial charge is 0.307 e. The molecule has 4 nitrogen and oxygen atoms in total. The first kappa shape index (κ1) is 15.7. The Morgan fingerprint density at radius 3 is 2.79 bits per heavy atom. The molecule has 0 saturated heterocycles. The monoisotopic (exact) mass is 356 g/mol. The molecule has 0 amide bonds. The molecule has 3 aromatic rings. The van der Waals surface area contributed by atoms with Crippen LogP contribution in [0.1, 0.15) is 21.8 Å². The normalized spacial score (nSPS) is 14.7. The highest BCUT2D eigenvalue weighted by Crippen LogP contribution is 2.19. The van der Waals surface area contributed by atoms with Gasteiger partial charge in [-0.1, -0.05) is 30.3 Å². The smallest absolute Gasteiger partial charge is 0.198 e. The summed E-state index contributed by atoms with van der Waals surface area (Å²) in [5.74, 6) is 1.03. The highest BCUT2D eigenvalue weighted by molar-refractivity contribution is 7.71. The van der Waals surface area contributed by atoms with Crippen molar-refractivity contribution in [1.82, 2.24) is 19.2 Å². The van der Waals surface area contributed by atoms with Gasteiger partial charge >= 0.3 is 0 Å². The van der Waals surface area contributed by atoms with Crippen molar-refractivity contribution in [2.45, 2.75) is 26.1 Å². The van der Waals surface area contributed by atoms with Crippen LogP contribution in [0.15, 0.2) is 41.8 Å². The number of thiophene rings is 1. The van der Waals surface area contributed by atoms with Gasteiger partial charge in [-0.2, -0.15) is 5.10 Å². The van der Waals surface area contributed by atoms with Crippen LogP contribution in [-0.2, 0) is 33.1 Å². The first-order valence-electron chi connectivity index (χ1n) is 8.15. The number of hydrogen-bond donors (Lipinski definition) is 0. The van der Waals surface area contributed by atoms with E-state index in [0.717, 1.165) is 43.2 Å². The highest BCUT2D eigenvalue weighted by atomic mass is 32.1. The second-order valence-corrected chi connectivity index (χ2v) is 7.62. The maximum atomic E-state index is 5.60. The fraction of sp³-hybridized carbons (Fsp3) is 0.333. The molecule has 0 fully saturated rings. The molecule has 0 N–H and O–H groups in total. The standard InChI is InChI=1S/C18H20N4S2/c1-20-17(11-16-7-4-10-24-16)19-22(18(20)23)13-21-9-8-14-5-2-3-6-15(14)12-21/h2-7,10H,8-9,11-13H2,1H3. The number of hydrogen-bond acceptors (Lipinski definition) is 4. The van der Waals surface area contributed by atoms with Gasteiger partial charge in [0.1, 0.15) is 5.82 Å². The van der Waals surface area contributed by atoms with E-state index in [-0.39, 0.29) is 0 Å². The summed E-state index contributed by atoms with van der Waals surface area (Å²) >= 11 is 7.36. The molecule has 0 saturated carbocycles. The molecule has 2 aromatic heterocycles. The molecule has 6 heteroatoms. The molecule has 0 radical (unpaired) electrons. The summed E-state index contributed by atoms with van der Waals surface area (Å²) in [5.41, 5.74) is 2.89. The Bertz CT molecular complexity index is 892. The molecule has 0 atom stereocenters. The Balaban J connectivity index is 1.52. The van der Waals surface area contributed by atoms with E-state index in [4.69, 9.17) is 17.3 Å². The topological polar surface area (TPSA) is 26.0 Å². The number of aromatic nitrogens is 3. The summed E-state index contributed by atoms with van der Waals surface area (Å²) < 4.78 is 4.79. The lowest BCUT2D eigenvalue weighted by Gasteiger charge is -2.28. The van der Waals surface area contributed by atoms with E-state index < -0.39 is 0 Å². The number of fused-ring (bicyclic) bond motifs is 1. The van der Waals surface area contributed by atoms with E-state index in [9.17, 15) is 0 Å². The molecule has 1 aliphatic heterocycles. The van der Waals surface area contributed by atoms with Crippen LogP contribution in [0.5, 0.6) is 0 Å². The van der Waals surface area contributed by atoms with Gasteiger partial charge in [0, 0.05) is 31.4 Å². The minimum Gasteiger partial charge on any atom is -0.307 e. The molecular formula is C18H20N4S2. The predicted octanol–water partition coefficient (Wildman–Crippen LogP) is 3.62. The van der Waals surface area contributed by atoms with E-state index in [1.807, 2.05) is 16.3 Å². The maximum absolute atomic E-state index is 5.60. The zero-order chi connectivity index (χ0) is 16.5. The molecule has 0 spiro atoms. The second-order valence-electron chi connectivity index (χ2n) is 6.23. The molecule has 0 unspecified atom stereocenters. The summed E-state index contributed by atoms with van der Waals surface area (Å²) in [4.78, 5) is 3.73. The van der Waals surface area contributed by atoms with Crippen LogP contribution in [0.25, 0.3) is 0 Å². The fourth-order valence-electron chi connectivity index (χ4n) is 3.21. The zero-order valence-corrected chi connectivity index (χ0v) is 15.3. The van der Waals surface area contributed by atoms with Crippen LogP contribution >= 0.6 is 23.6 Å². The SMILES string of the molecule is Cn1c(Cc2cccs2)nn(CN2CCc3ccccc3C2)c1=S. The molecule has 24 heavy (non-hydrogen) atoms. The van der Waals surface area contributed by atoms with Crippen LogP contribution < -0.4 is 0 Å². The maximum Gasteiger partial charge on any atom is 0.198 e. The summed E-state index contributed by atoms with van der Waals surface area (Å²) in [6.07, 6.45) is 1.94. The number of benzene rings is 1. The van der Waals surface area contributed by atoms with Crippen molar-refractivity contribution in [3.8, 4) is 0 Å². The van der Waals surface area contributed by atoms with Crippen molar-refractivity contribution in [3.05, 3.63) is 68.4 Å². The van der Waals surface area contributed by atoms with Crippen molar-refractivity contribution in [2.24, 2.45) is 7.05 Å². The van der Waals surface area contributed by atoms with Crippen LogP contribution in [0, 0.1) is 4.77 Å². The van der Waals surface area contributed by atoms with E-state index in [0.29, 0.717) is 0 Å². The minimum absolute atomic E-state index is 0.755. The lowest BCUT2D eigenvalue weighted by Crippen LogP contribution is -2.32. The molecule has 0 aliphatic carbocycles. The van der Waals surface area contributed by atoms with Gasteiger partial charge in [0.25, 0.3) is 0 Å². The quantitative estimate of drug-likeness (QED) is 0.668. The van der Waals surface area contributed by atoms with Gasteiger partial charge < -0.3 is 4.57 Å². The molecule has 1 aromatic carbocycles. The molecule has 1 aliphatic rings. The van der Waals surface area contributed by atoms with Crippen molar-refractivity contribution < 1.29 is 0 Å². The third-order valence-electron chi connectivity index (χ3n) is 4.59. The summed E-state index contributed by atoms with van der Waals surface area (Å²) in [6.45, 7) is 2.77. The van der Waals surface area contributed by atoms with E-state index in [2.05, 4.69) is 46.7 Å². The average molecular weight is 357 g/mol. The van der Waals surface area contributed by atoms with Crippen molar-refractivity contribution >= 4 is 23.6 Å². The van der Waals surface area contributed by atoms with Crippen molar-refractivity contribution in [3.63, 3.8) is 0 Å². The van der Waals surface area contributed by atoms with Crippen molar-refractivity contribution in [2.75, 3.05) is 6.54 Å². The molecule has 124 valence electrons. The van der Waals surface area contributed by atoms with Crippen molar-refractivity contribution in [1.29, 1.82) is 0 Å². The van der Waals surface area contributed by atoms with Gasteiger partial charge in [-0.15, -0.1) is 11.3 Å². The molecule has 3 heterocycles. The van der Waals surface area contributed by atoms with E-state index >= 15 is 0 Å². The zero-order valence-electron chi connectivity index (χ0n) is 13.7. The summed E-state index contributed by atoms with van der Waals surface area (Å²) in [5, 5.41) is 6.88. The van der Waals surface area contributed by atoms with Crippen LogP contribution in [0.2, 0.25) is 0 Å². The van der Waals surface area contributed by atoms with E-state index in [1.165, 1.54) is 16.0 Å². The van der Waals surface area contributed by atoms with Gasteiger partial charge in [-0.25, -0.2) is 4.68 Å². The average Bonchev–Trinajstić information content (AvgIpc) is 3.20. The Morgan fingerprint density at radius 2 is 2.00 bits per heavy atom. The molecule has 0 bridgehead atoms. The third-order valence-corrected chi connectivity index (χ3v) is 5.95. The fourth-order valence-corrected chi connectivity index (χ4v) is 4.12. The Labute approximate surface area is 151 Å². The second kappa shape index (κ2) is 6.63. The lowest BCUT2D eigenvalue weighted by molar-refractivity contribution is 0.188. The van der Waals surface area contributed by atoms with Gasteiger partial charge in [0.05, 0.1) is 6.67 Å². The third kappa shape index (κ3) is 3.09. The molecular weight excluding hydrogens is 336 g/mol. The van der Waals surface area contributed by atoms with Gasteiger partial charge in [-0.05, 0) is 41.2 Å². The van der Waals surface area contributed by atoms with Gasteiger partial charge in [0.2, 0.25) is 0 Å².